The third-order valence-corrected chi connectivity index (χ3v) is 3.46. The highest BCUT2D eigenvalue weighted by Gasteiger charge is 2.48. The van der Waals surface area contributed by atoms with Gasteiger partial charge in [-0.25, -0.2) is 5.43 Å². The van der Waals surface area contributed by atoms with Gasteiger partial charge in [-0.1, -0.05) is 0 Å². The Kier molecular flexibility index (Phi) is 2.73. The Labute approximate surface area is 90.6 Å². The fourth-order valence-corrected chi connectivity index (χ4v) is 2.27. The van der Waals surface area contributed by atoms with Crippen molar-refractivity contribution >= 4 is 5.91 Å². The normalized spacial score (nSPS) is 33.5. The van der Waals surface area contributed by atoms with Crippen LogP contribution in [0.1, 0.15) is 39.5 Å². The molecule has 4 nitrogen and oxygen atoms in total. The van der Waals surface area contributed by atoms with E-state index in [0.29, 0.717) is 25.3 Å². The number of rotatable bonds is 4. The number of nitrogens with zero attached hydrogens (tertiary/aromatic N) is 1. The number of aliphatic hydroxyl groups is 1. The Morgan fingerprint density at radius 3 is 2.87 bits per heavy atom. The standard InChI is InChI=1S/C11H20N2O2/c1-8(14)5-6-13-10(15)7-11(2,12-13)9-3-4-9/h8-9,12,14H,3-7H2,1-2H3. The lowest BCUT2D eigenvalue weighted by molar-refractivity contribution is -0.129. The second-order valence-electron chi connectivity index (χ2n) is 5.16. The van der Waals surface area contributed by atoms with Crippen molar-refractivity contribution in [2.45, 2.75) is 51.2 Å². The quantitative estimate of drug-likeness (QED) is 0.720. The summed E-state index contributed by atoms with van der Waals surface area (Å²) in [5.41, 5.74) is 3.29. The van der Waals surface area contributed by atoms with E-state index in [2.05, 4.69) is 12.3 Å². The first-order chi connectivity index (χ1) is 7.01. The summed E-state index contributed by atoms with van der Waals surface area (Å²) >= 11 is 0. The van der Waals surface area contributed by atoms with E-state index >= 15 is 0 Å². The van der Waals surface area contributed by atoms with Gasteiger partial charge in [0.25, 0.3) is 0 Å². The Hall–Kier alpha value is -0.610. The zero-order chi connectivity index (χ0) is 11.1. The summed E-state index contributed by atoms with van der Waals surface area (Å²) in [5, 5.41) is 10.9. The van der Waals surface area contributed by atoms with Crippen molar-refractivity contribution in [1.29, 1.82) is 0 Å². The van der Waals surface area contributed by atoms with E-state index in [4.69, 9.17) is 0 Å². The van der Waals surface area contributed by atoms with Crippen molar-refractivity contribution in [3.63, 3.8) is 0 Å². The molecule has 86 valence electrons. The SMILES string of the molecule is CC(O)CCN1NC(C)(C2CC2)CC1=O. The van der Waals surface area contributed by atoms with E-state index in [1.165, 1.54) is 12.8 Å². The summed E-state index contributed by atoms with van der Waals surface area (Å²) in [6, 6.07) is 0. The molecule has 15 heavy (non-hydrogen) atoms. The second kappa shape index (κ2) is 3.76. The summed E-state index contributed by atoms with van der Waals surface area (Å²) in [5.74, 6) is 0.836. The fraction of sp³-hybridized carbons (Fsp3) is 0.909. The van der Waals surface area contributed by atoms with Crippen molar-refractivity contribution in [3.8, 4) is 0 Å². The molecule has 0 aromatic carbocycles. The smallest absolute Gasteiger partial charge is 0.238 e. The topological polar surface area (TPSA) is 52.6 Å². The zero-order valence-corrected chi connectivity index (χ0v) is 9.49. The molecule has 0 spiro atoms. The van der Waals surface area contributed by atoms with Gasteiger partial charge in [-0.05, 0) is 39.0 Å². The maximum atomic E-state index is 11.7. The van der Waals surface area contributed by atoms with E-state index in [0.717, 1.165) is 0 Å². The Morgan fingerprint density at radius 2 is 2.33 bits per heavy atom. The van der Waals surface area contributed by atoms with E-state index in [9.17, 15) is 9.90 Å². The molecule has 2 unspecified atom stereocenters. The molecule has 1 saturated heterocycles. The first kappa shape index (κ1) is 10.9. The van der Waals surface area contributed by atoms with Crippen molar-refractivity contribution in [2.24, 2.45) is 5.92 Å². The van der Waals surface area contributed by atoms with Crippen LogP contribution in [-0.4, -0.2) is 34.2 Å². The molecule has 2 fully saturated rings. The number of hydrazine groups is 1. The van der Waals surface area contributed by atoms with Crippen LogP contribution in [0.5, 0.6) is 0 Å². The van der Waals surface area contributed by atoms with Gasteiger partial charge in [0.05, 0.1) is 6.10 Å². The molecule has 2 aliphatic rings. The highest BCUT2D eigenvalue weighted by Crippen LogP contribution is 2.43. The summed E-state index contributed by atoms with van der Waals surface area (Å²) in [6.07, 6.45) is 3.38. The monoisotopic (exact) mass is 212 g/mol. The number of carbonyl (C=O) groups is 1. The molecule has 0 aromatic heterocycles. The number of carbonyl (C=O) groups excluding carboxylic acids is 1. The first-order valence-electron chi connectivity index (χ1n) is 5.77. The van der Waals surface area contributed by atoms with Crippen LogP contribution in [-0.2, 0) is 4.79 Å². The van der Waals surface area contributed by atoms with Gasteiger partial charge in [0, 0.05) is 18.5 Å². The minimum atomic E-state index is -0.340. The third-order valence-electron chi connectivity index (χ3n) is 3.46. The predicted molar refractivity (Wildman–Crippen MR) is 56.9 cm³/mol. The predicted octanol–water partition coefficient (Wildman–Crippen LogP) is 0.663. The van der Waals surface area contributed by atoms with Gasteiger partial charge < -0.3 is 5.11 Å². The Bertz CT molecular complexity index is 263. The molecule has 1 aliphatic heterocycles. The van der Waals surface area contributed by atoms with Gasteiger partial charge in [0.2, 0.25) is 5.91 Å². The number of amides is 1. The molecule has 2 rings (SSSR count). The summed E-state index contributed by atoms with van der Waals surface area (Å²) < 4.78 is 0. The maximum Gasteiger partial charge on any atom is 0.238 e. The van der Waals surface area contributed by atoms with Gasteiger partial charge >= 0.3 is 0 Å². The largest absolute Gasteiger partial charge is 0.393 e. The number of hydrogen-bond donors (Lipinski definition) is 2. The molecule has 2 N–H and O–H groups in total. The number of nitrogens with one attached hydrogen (secondary N) is 1. The molecule has 0 radical (unpaired) electrons. The molecule has 1 amide bonds. The molecular formula is C11H20N2O2. The van der Waals surface area contributed by atoms with Crippen molar-refractivity contribution in [3.05, 3.63) is 0 Å². The first-order valence-corrected chi connectivity index (χ1v) is 5.77. The lowest BCUT2D eigenvalue weighted by Gasteiger charge is -2.26. The minimum Gasteiger partial charge on any atom is -0.393 e. The highest BCUT2D eigenvalue weighted by atomic mass is 16.3. The summed E-state index contributed by atoms with van der Waals surface area (Å²) in [4.78, 5) is 11.7. The maximum absolute atomic E-state index is 11.7. The van der Waals surface area contributed by atoms with Crippen molar-refractivity contribution in [1.82, 2.24) is 10.4 Å². The molecule has 1 aliphatic carbocycles. The average molecular weight is 212 g/mol. The van der Waals surface area contributed by atoms with Gasteiger partial charge in [-0.3, -0.25) is 9.80 Å². The van der Waals surface area contributed by atoms with Gasteiger partial charge in [0.1, 0.15) is 0 Å². The van der Waals surface area contributed by atoms with Crippen LogP contribution in [0.2, 0.25) is 0 Å². The van der Waals surface area contributed by atoms with Crippen molar-refractivity contribution < 1.29 is 9.90 Å². The highest BCUT2D eigenvalue weighted by molar-refractivity contribution is 5.79. The third kappa shape index (κ3) is 2.32. The van der Waals surface area contributed by atoms with Gasteiger partial charge in [-0.2, -0.15) is 0 Å². The molecule has 4 heteroatoms. The summed E-state index contributed by atoms with van der Waals surface area (Å²) in [6.45, 7) is 4.49. The summed E-state index contributed by atoms with van der Waals surface area (Å²) in [7, 11) is 0. The van der Waals surface area contributed by atoms with Crippen molar-refractivity contribution in [2.75, 3.05) is 6.54 Å². The lowest BCUT2D eigenvalue weighted by atomic mass is 9.94. The lowest BCUT2D eigenvalue weighted by Crippen LogP contribution is -2.46. The van der Waals surface area contributed by atoms with Crippen LogP contribution in [0.4, 0.5) is 0 Å². The molecule has 0 aromatic rings. The van der Waals surface area contributed by atoms with E-state index < -0.39 is 0 Å². The molecule has 2 atom stereocenters. The van der Waals surface area contributed by atoms with E-state index in [-0.39, 0.29) is 17.6 Å². The molecule has 0 bridgehead atoms. The Morgan fingerprint density at radius 1 is 1.67 bits per heavy atom. The fourth-order valence-electron chi connectivity index (χ4n) is 2.27. The molecule has 1 saturated carbocycles. The number of aliphatic hydroxyl groups excluding tert-OH is 1. The van der Waals surface area contributed by atoms with E-state index in [1.54, 1.807) is 11.9 Å². The average Bonchev–Trinajstić information content (AvgIpc) is 2.91. The zero-order valence-electron chi connectivity index (χ0n) is 9.49. The van der Waals surface area contributed by atoms with E-state index in [1.807, 2.05) is 0 Å². The minimum absolute atomic E-state index is 0.0181. The molecule has 1 heterocycles. The van der Waals surface area contributed by atoms with Crippen LogP contribution < -0.4 is 5.43 Å². The van der Waals surface area contributed by atoms with Gasteiger partial charge in [0.15, 0.2) is 0 Å². The van der Waals surface area contributed by atoms with Crippen LogP contribution in [0.3, 0.4) is 0 Å². The van der Waals surface area contributed by atoms with Crippen LogP contribution in [0.15, 0.2) is 0 Å². The van der Waals surface area contributed by atoms with Gasteiger partial charge in [-0.15, -0.1) is 0 Å². The molecular weight excluding hydrogens is 192 g/mol. The number of hydrogen-bond acceptors (Lipinski definition) is 3. The second-order valence-corrected chi connectivity index (χ2v) is 5.16. The van der Waals surface area contributed by atoms with Crippen LogP contribution in [0, 0.1) is 5.92 Å². The van der Waals surface area contributed by atoms with Crippen LogP contribution in [0.25, 0.3) is 0 Å². The Balaban J connectivity index is 1.89. The van der Waals surface area contributed by atoms with Crippen LogP contribution >= 0.6 is 0 Å².